The lowest BCUT2D eigenvalue weighted by molar-refractivity contribution is 0.505. The van der Waals surface area contributed by atoms with Gasteiger partial charge in [-0.3, -0.25) is 0 Å². The number of aromatic nitrogens is 1. The quantitative estimate of drug-likeness (QED) is 0.722. The van der Waals surface area contributed by atoms with Crippen molar-refractivity contribution < 1.29 is 4.42 Å². The van der Waals surface area contributed by atoms with Crippen molar-refractivity contribution >= 4 is 11.1 Å². The van der Waals surface area contributed by atoms with Gasteiger partial charge in [0.25, 0.3) is 0 Å². The first kappa shape index (κ1) is 9.25. The Kier molecular flexibility index (Phi) is 2.06. The van der Waals surface area contributed by atoms with Gasteiger partial charge < -0.3 is 4.42 Å². The number of rotatable bonds is 2. The maximum atomic E-state index is 5.29. The molecule has 1 aromatic heterocycles. The third-order valence-electron chi connectivity index (χ3n) is 3.00. The smallest absolute Gasteiger partial charge is 0.181 e. The Morgan fingerprint density at radius 2 is 2.14 bits per heavy atom. The van der Waals surface area contributed by atoms with Crippen molar-refractivity contribution in [2.45, 2.75) is 32.6 Å². The zero-order valence-corrected chi connectivity index (χ0v) is 8.87. The average Bonchev–Trinajstić information content (AvgIpc) is 2.64. The molecule has 2 rings (SSSR count). The van der Waals surface area contributed by atoms with Gasteiger partial charge in [0.05, 0.1) is 0 Å². The molecular weight excluding hydrogens is 174 g/mol. The van der Waals surface area contributed by atoms with E-state index in [1.54, 1.807) is 0 Å². The van der Waals surface area contributed by atoms with E-state index in [9.17, 15) is 0 Å². The molecule has 0 atom stereocenters. The number of oxazole rings is 1. The van der Waals surface area contributed by atoms with Gasteiger partial charge in [-0.1, -0.05) is 26.8 Å². The highest BCUT2D eigenvalue weighted by Crippen LogP contribution is 2.28. The van der Waals surface area contributed by atoms with Crippen molar-refractivity contribution in [2.75, 3.05) is 0 Å². The molecule has 2 heteroatoms. The first-order valence-electron chi connectivity index (χ1n) is 4.97. The van der Waals surface area contributed by atoms with Crippen LogP contribution < -0.4 is 0 Å². The van der Waals surface area contributed by atoms with Gasteiger partial charge in [-0.25, -0.2) is 4.98 Å². The molecule has 0 amide bonds. The van der Waals surface area contributed by atoms with Crippen molar-refractivity contribution in [1.82, 2.24) is 4.98 Å². The highest BCUT2D eigenvalue weighted by molar-refractivity contribution is 5.73. The molecule has 0 saturated carbocycles. The van der Waals surface area contributed by atoms with Gasteiger partial charge in [-0.15, -0.1) is 0 Å². The number of nitrogens with zero attached hydrogens (tertiary/aromatic N) is 1. The fourth-order valence-electron chi connectivity index (χ4n) is 1.48. The molecule has 1 aromatic carbocycles. The first-order valence-corrected chi connectivity index (χ1v) is 4.97. The maximum Gasteiger partial charge on any atom is 0.181 e. The number of hydrogen-bond acceptors (Lipinski definition) is 2. The zero-order valence-electron chi connectivity index (χ0n) is 8.87. The van der Waals surface area contributed by atoms with Gasteiger partial charge in [-0.05, 0) is 29.5 Å². The van der Waals surface area contributed by atoms with E-state index in [1.807, 2.05) is 6.07 Å². The van der Waals surface area contributed by atoms with Crippen molar-refractivity contribution in [3.05, 3.63) is 30.2 Å². The molecule has 0 unspecified atom stereocenters. The molecule has 2 nitrogen and oxygen atoms in total. The van der Waals surface area contributed by atoms with Crippen molar-refractivity contribution in [2.24, 2.45) is 0 Å². The van der Waals surface area contributed by atoms with Crippen LogP contribution in [0.5, 0.6) is 0 Å². The lowest BCUT2D eigenvalue weighted by Crippen LogP contribution is -2.14. The predicted molar refractivity (Wildman–Crippen MR) is 57.3 cm³/mol. The third-order valence-corrected chi connectivity index (χ3v) is 3.00. The molecule has 14 heavy (non-hydrogen) atoms. The lowest BCUT2D eigenvalue weighted by atomic mass is 9.82. The minimum atomic E-state index is 0.209. The minimum Gasteiger partial charge on any atom is -0.443 e. The van der Waals surface area contributed by atoms with Gasteiger partial charge in [-0.2, -0.15) is 0 Å². The van der Waals surface area contributed by atoms with Crippen LogP contribution in [-0.2, 0) is 5.41 Å². The second-order valence-corrected chi connectivity index (χ2v) is 4.27. The van der Waals surface area contributed by atoms with Crippen LogP contribution in [0.4, 0.5) is 0 Å². The number of benzene rings is 1. The second-order valence-electron chi connectivity index (χ2n) is 4.27. The Hall–Kier alpha value is -1.31. The molecule has 0 N–H and O–H groups in total. The van der Waals surface area contributed by atoms with Crippen LogP contribution in [-0.4, -0.2) is 4.98 Å². The van der Waals surface area contributed by atoms with Crippen LogP contribution in [0.15, 0.2) is 29.0 Å². The fraction of sp³-hybridized carbons (Fsp3) is 0.417. The summed E-state index contributed by atoms with van der Waals surface area (Å²) in [5.41, 5.74) is 3.33. The Morgan fingerprint density at radius 1 is 1.36 bits per heavy atom. The normalized spacial score (nSPS) is 12.2. The Bertz CT molecular complexity index is 442. The molecule has 0 saturated heterocycles. The van der Waals surface area contributed by atoms with E-state index < -0.39 is 0 Å². The van der Waals surface area contributed by atoms with Crippen LogP contribution in [0, 0.1) is 0 Å². The molecule has 0 fully saturated rings. The third kappa shape index (κ3) is 1.41. The minimum absolute atomic E-state index is 0.209. The SMILES string of the molecule is CCC(C)(C)c1ccc2ncoc2c1. The summed E-state index contributed by atoms with van der Waals surface area (Å²) in [6, 6.07) is 6.24. The molecule has 1 heterocycles. The van der Waals surface area contributed by atoms with Crippen LogP contribution in [0.3, 0.4) is 0 Å². The number of hydrogen-bond donors (Lipinski definition) is 0. The Balaban J connectivity index is 2.53. The molecular formula is C12H15NO. The van der Waals surface area contributed by atoms with E-state index in [4.69, 9.17) is 4.42 Å². The standard InChI is InChI=1S/C12H15NO/c1-4-12(2,3)9-5-6-10-11(7-9)14-8-13-10/h5-8H,4H2,1-3H3. The number of fused-ring (bicyclic) bond motifs is 1. The molecule has 0 bridgehead atoms. The molecule has 0 spiro atoms. The highest BCUT2D eigenvalue weighted by atomic mass is 16.3. The van der Waals surface area contributed by atoms with E-state index in [0.29, 0.717) is 0 Å². The lowest BCUT2D eigenvalue weighted by Gasteiger charge is -2.22. The average molecular weight is 189 g/mol. The summed E-state index contributed by atoms with van der Waals surface area (Å²) in [4.78, 5) is 4.10. The topological polar surface area (TPSA) is 26.0 Å². The zero-order chi connectivity index (χ0) is 10.2. The summed E-state index contributed by atoms with van der Waals surface area (Å²) in [5.74, 6) is 0. The fourth-order valence-corrected chi connectivity index (χ4v) is 1.48. The summed E-state index contributed by atoms with van der Waals surface area (Å²) in [6.45, 7) is 6.68. The first-order chi connectivity index (χ1) is 6.63. The summed E-state index contributed by atoms with van der Waals surface area (Å²) in [7, 11) is 0. The van der Waals surface area contributed by atoms with Crippen molar-refractivity contribution in [1.29, 1.82) is 0 Å². The van der Waals surface area contributed by atoms with Gasteiger partial charge in [0.2, 0.25) is 0 Å². The molecule has 2 aromatic rings. The van der Waals surface area contributed by atoms with Crippen LogP contribution in [0.1, 0.15) is 32.8 Å². The van der Waals surface area contributed by atoms with E-state index in [2.05, 4.69) is 37.9 Å². The van der Waals surface area contributed by atoms with E-state index in [1.165, 1.54) is 12.0 Å². The Labute approximate surface area is 84.0 Å². The molecule has 0 aliphatic heterocycles. The molecule has 74 valence electrons. The second kappa shape index (κ2) is 3.12. The maximum absolute atomic E-state index is 5.29. The molecule has 0 radical (unpaired) electrons. The van der Waals surface area contributed by atoms with E-state index >= 15 is 0 Å². The monoisotopic (exact) mass is 189 g/mol. The summed E-state index contributed by atoms with van der Waals surface area (Å²) in [5, 5.41) is 0. The van der Waals surface area contributed by atoms with Crippen LogP contribution in [0.25, 0.3) is 11.1 Å². The predicted octanol–water partition coefficient (Wildman–Crippen LogP) is 3.52. The largest absolute Gasteiger partial charge is 0.443 e. The van der Waals surface area contributed by atoms with Gasteiger partial charge in [0, 0.05) is 0 Å². The van der Waals surface area contributed by atoms with Gasteiger partial charge >= 0.3 is 0 Å². The van der Waals surface area contributed by atoms with Crippen molar-refractivity contribution in [3.63, 3.8) is 0 Å². The Morgan fingerprint density at radius 3 is 2.86 bits per heavy atom. The van der Waals surface area contributed by atoms with E-state index in [0.717, 1.165) is 17.5 Å². The molecule has 0 aliphatic carbocycles. The summed E-state index contributed by atoms with van der Waals surface area (Å²) in [6.07, 6.45) is 2.61. The van der Waals surface area contributed by atoms with E-state index in [-0.39, 0.29) is 5.41 Å². The van der Waals surface area contributed by atoms with Crippen LogP contribution in [0.2, 0.25) is 0 Å². The van der Waals surface area contributed by atoms with Gasteiger partial charge in [0.1, 0.15) is 5.52 Å². The summed E-state index contributed by atoms with van der Waals surface area (Å²) < 4.78 is 5.29. The summed E-state index contributed by atoms with van der Waals surface area (Å²) >= 11 is 0. The van der Waals surface area contributed by atoms with Crippen LogP contribution >= 0.6 is 0 Å². The van der Waals surface area contributed by atoms with Crippen molar-refractivity contribution in [3.8, 4) is 0 Å². The molecule has 0 aliphatic rings. The highest BCUT2D eigenvalue weighted by Gasteiger charge is 2.18. The van der Waals surface area contributed by atoms with Gasteiger partial charge in [0.15, 0.2) is 12.0 Å².